The smallest absolute Gasteiger partial charge is 0.228 e. The number of nitrogens with two attached hydrogens (primary N) is 1. The highest BCUT2D eigenvalue weighted by Gasteiger charge is 2.30. The van der Waals surface area contributed by atoms with E-state index in [0.29, 0.717) is 23.0 Å². The third-order valence-corrected chi connectivity index (χ3v) is 3.15. The summed E-state index contributed by atoms with van der Waals surface area (Å²) in [5, 5.41) is 1.06. The van der Waals surface area contributed by atoms with E-state index in [2.05, 4.69) is 0 Å². The molecular formula is C11H12Cl2N2O. The summed E-state index contributed by atoms with van der Waals surface area (Å²) in [5.74, 6) is 0.0137. The normalized spacial score (nSPS) is 20.6. The molecule has 86 valence electrons. The van der Waals surface area contributed by atoms with Crippen LogP contribution in [0, 0.1) is 6.92 Å². The molecule has 1 amide bonds. The molecule has 1 unspecified atom stereocenters. The lowest BCUT2D eigenvalue weighted by molar-refractivity contribution is -0.117. The number of anilines is 1. The van der Waals surface area contributed by atoms with Crippen molar-refractivity contribution in [1.29, 1.82) is 0 Å². The average Bonchev–Trinajstić information content (AvgIpc) is 2.43. The van der Waals surface area contributed by atoms with Crippen LogP contribution in [-0.2, 0) is 4.79 Å². The Bertz CT molecular complexity index is 425. The summed E-state index contributed by atoms with van der Waals surface area (Å²) >= 11 is 12.0. The van der Waals surface area contributed by atoms with E-state index in [1.54, 1.807) is 17.0 Å². The van der Waals surface area contributed by atoms with Crippen molar-refractivity contribution < 1.29 is 4.79 Å². The van der Waals surface area contributed by atoms with Gasteiger partial charge in [0.25, 0.3) is 0 Å². The van der Waals surface area contributed by atoms with E-state index in [1.807, 2.05) is 6.92 Å². The molecule has 16 heavy (non-hydrogen) atoms. The molecule has 0 spiro atoms. The SMILES string of the molecule is Cc1cc(Cl)cc(Cl)c1N1CC(N)CC1=O. The van der Waals surface area contributed by atoms with Crippen LogP contribution in [0.25, 0.3) is 0 Å². The number of hydrogen-bond donors (Lipinski definition) is 1. The van der Waals surface area contributed by atoms with Gasteiger partial charge in [-0.05, 0) is 24.6 Å². The quantitative estimate of drug-likeness (QED) is 0.841. The lowest BCUT2D eigenvalue weighted by Gasteiger charge is -2.20. The molecule has 0 radical (unpaired) electrons. The van der Waals surface area contributed by atoms with Crippen LogP contribution in [0.3, 0.4) is 0 Å². The molecule has 3 nitrogen and oxygen atoms in total. The molecule has 1 aliphatic rings. The average molecular weight is 259 g/mol. The largest absolute Gasteiger partial charge is 0.326 e. The third kappa shape index (κ3) is 2.03. The van der Waals surface area contributed by atoms with E-state index in [-0.39, 0.29) is 11.9 Å². The van der Waals surface area contributed by atoms with Crippen LogP contribution in [-0.4, -0.2) is 18.5 Å². The number of aryl methyl sites for hydroxylation is 1. The molecule has 1 heterocycles. The molecular weight excluding hydrogens is 247 g/mol. The summed E-state index contributed by atoms with van der Waals surface area (Å²) in [6.07, 6.45) is 0.373. The molecule has 1 saturated heterocycles. The number of halogens is 2. The van der Waals surface area contributed by atoms with Crippen molar-refractivity contribution in [2.45, 2.75) is 19.4 Å². The maximum absolute atomic E-state index is 11.7. The topological polar surface area (TPSA) is 46.3 Å². The van der Waals surface area contributed by atoms with Crippen LogP contribution in [0.2, 0.25) is 10.0 Å². The number of nitrogens with zero attached hydrogens (tertiary/aromatic N) is 1. The Morgan fingerprint density at radius 2 is 2.12 bits per heavy atom. The monoisotopic (exact) mass is 258 g/mol. The van der Waals surface area contributed by atoms with Crippen molar-refractivity contribution in [2.24, 2.45) is 5.73 Å². The minimum absolute atomic E-state index is 0.0137. The third-order valence-electron chi connectivity index (χ3n) is 2.64. The molecule has 5 heteroatoms. The predicted octanol–water partition coefficient (Wildman–Crippen LogP) is 2.37. The predicted molar refractivity (Wildman–Crippen MR) is 66.1 cm³/mol. The van der Waals surface area contributed by atoms with Gasteiger partial charge >= 0.3 is 0 Å². The number of carbonyl (C=O) groups excluding carboxylic acids is 1. The molecule has 0 aliphatic carbocycles. The summed E-state index contributed by atoms with van der Waals surface area (Å²) < 4.78 is 0. The number of rotatable bonds is 1. The summed E-state index contributed by atoms with van der Waals surface area (Å²) in [6.45, 7) is 2.39. The maximum Gasteiger partial charge on any atom is 0.228 e. The van der Waals surface area contributed by atoms with Crippen LogP contribution < -0.4 is 10.6 Å². The lowest BCUT2D eigenvalue weighted by atomic mass is 10.2. The van der Waals surface area contributed by atoms with Crippen molar-refractivity contribution in [2.75, 3.05) is 11.4 Å². The summed E-state index contributed by atoms with van der Waals surface area (Å²) in [6, 6.07) is 3.32. The highest BCUT2D eigenvalue weighted by atomic mass is 35.5. The van der Waals surface area contributed by atoms with Gasteiger partial charge in [-0.15, -0.1) is 0 Å². The van der Waals surface area contributed by atoms with E-state index in [9.17, 15) is 4.79 Å². The standard InChI is InChI=1S/C11H12Cl2N2O/c1-6-2-7(12)3-9(13)11(6)15-5-8(14)4-10(15)16/h2-3,8H,4-5,14H2,1H3. The Labute approximate surface area is 104 Å². The fourth-order valence-electron chi connectivity index (χ4n) is 1.99. The van der Waals surface area contributed by atoms with Crippen LogP contribution in [0.5, 0.6) is 0 Å². The van der Waals surface area contributed by atoms with Crippen LogP contribution >= 0.6 is 23.2 Å². The van der Waals surface area contributed by atoms with Crippen molar-refractivity contribution in [3.63, 3.8) is 0 Å². The second kappa shape index (κ2) is 4.24. The van der Waals surface area contributed by atoms with Gasteiger partial charge < -0.3 is 10.6 Å². The highest BCUT2D eigenvalue weighted by Crippen LogP contribution is 2.34. The Morgan fingerprint density at radius 1 is 1.44 bits per heavy atom. The number of benzene rings is 1. The minimum atomic E-state index is -0.112. The highest BCUT2D eigenvalue weighted by molar-refractivity contribution is 6.37. The van der Waals surface area contributed by atoms with Gasteiger partial charge in [0.05, 0.1) is 10.7 Å². The summed E-state index contributed by atoms with van der Waals surface area (Å²) in [4.78, 5) is 13.4. The Kier molecular flexibility index (Phi) is 3.10. The molecule has 1 atom stereocenters. The molecule has 1 aromatic carbocycles. The van der Waals surface area contributed by atoms with Gasteiger partial charge in [0, 0.05) is 24.0 Å². The second-order valence-corrected chi connectivity index (χ2v) is 4.87. The van der Waals surface area contributed by atoms with E-state index < -0.39 is 0 Å². The number of amides is 1. The van der Waals surface area contributed by atoms with Crippen LogP contribution in [0.1, 0.15) is 12.0 Å². The first-order chi connectivity index (χ1) is 7.49. The molecule has 2 N–H and O–H groups in total. The molecule has 2 rings (SSSR count). The van der Waals surface area contributed by atoms with Crippen LogP contribution in [0.4, 0.5) is 5.69 Å². The second-order valence-electron chi connectivity index (χ2n) is 4.02. The fraction of sp³-hybridized carbons (Fsp3) is 0.364. The summed E-state index contributed by atoms with van der Waals surface area (Å²) in [5.41, 5.74) is 7.37. The van der Waals surface area contributed by atoms with E-state index >= 15 is 0 Å². The Hall–Kier alpha value is -0.770. The van der Waals surface area contributed by atoms with E-state index in [1.165, 1.54) is 0 Å². The number of carbonyl (C=O) groups is 1. The zero-order chi connectivity index (χ0) is 11.9. The number of hydrogen-bond acceptors (Lipinski definition) is 2. The fourth-order valence-corrected chi connectivity index (χ4v) is 2.69. The first-order valence-corrected chi connectivity index (χ1v) is 5.76. The van der Waals surface area contributed by atoms with Crippen molar-refractivity contribution in [3.05, 3.63) is 27.7 Å². The van der Waals surface area contributed by atoms with Crippen molar-refractivity contribution >= 4 is 34.8 Å². The lowest BCUT2D eigenvalue weighted by Crippen LogP contribution is -2.28. The first-order valence-electron chi connectivity index (χ1n) is 5.00. The Morgan fingerprint density at radius 3 is 2.62 bits per heavy atom. The van der Waals surface area contributed by atoms with Gasteiger partial charge in [0.1, 0.15) is 0 Å². The molecule has 0 saturated carbocycles. The molecule has 1 fully saturated rings. The van der Waals surface area contributed by atoms with E-state index in [4.69, 9.17) is 28.9 Å². The zero-order valence-electron chi connectivity index (χ0n) is 8.84. The van der Waals surface area contributed by atoms with Gasteiger partial charge in [-0.25, -0.2) is 0 Å². The van der Waals surface area contributed by atoms with Gasteiger partial charge in [-0.3, -0.25) is 4.79 Å². The van der Waals surface area contributed by atoms with Gasteiger partial charge in [0.15, 0.2) is 0 Å². The maximum atomic E-state index is 11.7. The van der Waals surface area contributed by atoms with E-state index in [0.717, 1.165) is 11.3 Å². The summed E-state index contributed by atoms with van der Waals surface area (Å²) in [7, 11) is 0. The molecule has 1 aliphatic heterocycles. The first kappa shape index (κ1) is 11.7. The van der Waals surface area contributed by atoms with Crippen LogP contribution in [0.15, 0.2) is 12.1 Å². The van der Waals surface area contributed by atoms with Gasteiger partial charge in [0.2, 0.25) is 5.91 Å². The molecule has 1 aromatic rings. The minimum Gasteiger partial charge on any atom is -0.326 e. The Balaban J connectivity index is 2.44. The molecule has 0 bridgehead atoms. The zero-order valence-corrected chi connectivity index (χ0v) is 10.3. The van der Waals surface area contributed by atoms with Gasteiger partial charge in [-0.1, -0.05) is 23.2 Å². The van der Waals surface area contributed by atoms with Crippen molar-refractivity contribution in [1.82, 2.24) is 0 Å². The molecule has 0 aromatic heterocycles. The van der Waals surface area contributed by atoms with Crippen molar-refractivity contribution in [3.8, 4) is 0 Å². The van der Waals surface area contributed by atoms with Gasteiger partial charge in [-0.2, -0.15) is 0 Å².